The van der Waals surface area contributed by atoms with Crippen molar-refractivity contribution < 1.29 is 4.42 Å². The van der Waals surface area contributed by atoms with Crippen molar-refractivity contribution >= 4 is 88.9 Å². The van der Waals surface area contributed by atoms with E-state index in [4.69, 9.17) is 4.42 Å². The first kappa shape index (κ1) is 39.6. The van der Waals surface area contributed by atoms with Crippen molar-refractivity contribution in [1.82, 2.24) is 0 Å². The monoisotopic (exact) mass is 816 g/mol. The summed E-state index contributed by atoms with van der Waals surface area (Å²) in [5.74, 6) is 0. The number of nitrogens with zero attached hydrogens (tertiary/aromatic N) is 2. The van der Waals surface area contributed by atoms with E-state index in [-0.39, 0.29) is 23.0 Å². The third kappa shape index (κ3) is 6.13. The van der Waals surface area contributed by atoms with Gasteiger partial charge in [0.05, 0.1) is 22.6 Å². The molecule has 61 heavy (non-hydrogen) atoms. The van der Waals surface area contributed by atoms with Gasteiger partial charge in [-0.1, -0.05) is 135 Å². The fraction of sp³-hybridized carbons (Fsp3) is 0.286. The molecule has 306 valence electrons. The molecule has 0 saturated heterocycles. The van der Waals surface area contributed by atoms with Gasteiger partial charge >= 0.3 is 0 Å². The predicted molar refractivity (Wildman–Crippen MR) is 266 cm³/mol. The summed E-state index contributed by atoms with van der Waals surface area (Å²) in [5.41, 5.74) is 22.8. The highest BCUT2D eigenvalue weighted by Crippen LogP contribution is 2.51. The first-order valence-corrected chi connectivity index (χ1v) is 22.8. The Balaban J connectivity index is 1.32. The molecular formula is C56H57BN2OS. The van der Waals surface area contributed by atoms with E-state index in [0.29, 0.717) is 0 Å². The molecule has 0 saturated carbocycles. The van der Waals surface area contributed by atoms with Crippen LogP contribution in [0.1, 0.15) is 101 Å². The fourth-order valence-electron chi connectivity index (χ4n) is 10.2. The summed E-state index contributed by atoms with van der Waals surface area (Å²) < 4.78 is 7.50. The van der Waals surface area contributed by atoms with Gasteiger partial charge in [0.15, 0.2) is 0 Å². The smallest absolute Gasteiger partial charge is 0.254 e. The molecule has 0 unspecified atom stereocenters. The Morgan fingerprint density at radius 1 is 0.508 bits per heavy atom. The van der Waals surface area contributed by atoms with Crippen LogP contribution < -0.4 is 26.2 Å². The summed E-state index contributed by atoms with van der Waals surface area (Å²) in [6.45, 7) is 30.2. The number of hydrogen-bond acceptors (Lipinski definition) is 4. The summed E-state index contributed by atoms with van der Waals surface area (Å²) >= 11 is 1.94. The minimum absolute atomic E-state index is 0.00814. The number of rotatable bonds is 3. The van der Waals surface area contributed by atoms with Crippen LogP contribution in [0, 0.1) is 27.7 Å². The van der Waals surface area contributed by atoms with Crippen LogP contribution in [0.2, 0.25) is 0 Å². The number of anilines is 6. The van der Waals surface area contributed by atoms with E-state index in [0.717, 1.165) is 22.1 Å². The molecule has 0 atom stereocenters. The van der Waals surface area contributed by atoms with Gasteiger partial charge in [-0.15, -0.1) is 11.3 Å². The van der Waals surface area contributed by atoms with Crippen molar-refractivity contribution in [2.24, 2.45) is 0 Å². The molecule has 0 N–H and O–H groups in total. The van der Waals surface area contributed by atoms with Crippen LogP contribution in [-0.2, 0) is 16.2 Å². The van der Waals surface area contributed by atoms with E-state index in [2.05, 4.69) is 197 Å². The Morgan fingerprint density at radius 2 is 1.08 bits per heavy atom. The lowest BCUT2D eigenvalue weighted by Crippen LogP contribution is -2.61. The molecule has 10 rings (SSSR count). The number of para-hydroxylation sites is 1. The molecule has 2 aliphatic heterocycles. The maximum Gasteiger partial charge on any atom is 0.254 e. The normalized spacial score (nSPS) is 13.9. The van der Waals surface area contributed by atoms with Gasteiger partial charge in [0.2, 0.25) is 0 Å². The number of hydrogen-bond donors (Lipinski definition) is 0. The van der Waals surface area contributed by atoms with Crippen LogP contribution in [0.4, 0.5) is 33.4 Å². The van der Waals surface area contributed by atoms with Crippen LogP contribution in [0.5, 0.6) is 0 Å². The second kappa shape index (κ2) is 13.5. The quantitative estimate of drug-likeness (QED) is 0.166. The van der Waals surface area contributed by atoms with E-state index in [9.17, 15) is 0 Å². The zero-order valence-corrected chi connectivity index (χ0v) is 39.0. The average molecular weight is 817 g/mol. The molecule has 0 bridgehead atoms. The SMILES string of the molecule is Cc1cc(C(C)(C)C)cc(C)c1N1c2cc(-c3coc4ccccc34)ccc2B2c3c1cccc3N(c1c(C)cc(C(C)(C)C)cc1C)c1sc3ccc(C(C)(C)C)cc3c12. The van der Waals surface area contributed by atoms with Crippen molar-refractivity contribution in [3.05, 3.63) is 148 Å². The van der Waals surface area contributed by atoms with Gasteiger partial charge in [-0.3, -0.25) is 0 Å². The zero-order chi connectivity index (χ0) is 43.1. The molecule has 0 aliphatic carbocycles. The summed E-state index contributed by atoms with van der Waals surface area (Å²) in [6.07, 6.45) is 1.94. The number of fused-ring (bicyclic) bond motifs is 7. The lowest BCUT2D eigenvalue weighted by atomic mass is 9.33. The number of aryl methyl sites for hydroxylation is 4. The highest BCUT2D eigenvalue weighted by molar-refractivity contribution is 7.26. The molecule has 2 aromatic heterocycles. The van der Waals surface area contributed by atoms with Crippen LogP contribution in [0.25, 0.3) is 32.2 Å². The molecule has 3 nitrogen and oxygen atoms in total. The topological polar surface area (TPSA) is 19.6 Å². The van der Waals surface area contributed by atoms with E-state index in [1.807, 2.05) is 23.7 Å². The Morgan fingerprint density at radius 3 is 1.69 bits per heavy atom. The van der Waals surface area contributed by atoms with Crippen LogP contribution in [0.15, 0.2) is 114 Å². The van der Waals surface area contributed by atoms with Crippen molar-refractivity contribution in [2.45, 2.75) is 106 Å². The maximum atomic E-state index is 6.17. The first-order chi connectivity index (χ1) is 28.8. The summed E-state index contributed by atoms with van der Waals surface area (Å²) in [5, 5.41) is 3.80. The molecule has 6 aromatic carbocycles. The van der Waals surface area contributed by atoms with Crippen LogP contribution >= 0.6 is 11.3 Å². The second-order valence-electron chi connectivity index (χ2n) is 20.9. The zero-order valence-electron chi connectivity index (χ0n) is 38.2. The van der Waals surface area contributed by atoms with E-state index in [1.165, 1.54) is 98.9 Å². The molecule has 0 fully saturated rings. The van der Waals surface area contributed by atoms with E-state index >= 15 is 0 Å². The molecule has 2 aliphatic rings. The lowest BCUT2D eigenvalue weighted by molar-refractivity contribution is 0.589. The Bertz CT molecular complexity index is 3060. The number of benzene rings is 6. The molecule has 5 heteroatoms. The van der Waals surface area contributed by atoms with Crippen molar-refractivity contribution in [3.63, 3.8) is 0 Å². The summed E-state index contributed by atoms with van der Waals surface area (Å²) in [4.78, 5) is 5.25. The summed E-state index contributed by atoms with van der Waals surface area (Å²) in [6, 6.07) is 39.6. The van der Waals surface area contributed by atoms with Crippen molar-refractivity contribution in [2.75, 3.05) is 9.80 Å². The van der Waals surface area contributed by atoms with Gasteiger partial charge in [0.1, 0.15) is 5.58 Å². The van der Waals surface area contributed by atoms with Gasteiger partial charge in [-0.25, -0.2) is 0 Å². The van der Waals surface area contributed by atoms with Gasteiger partial charge < -0.3 is 14.2 Å². The van der Waals surface area contributed by atoms with Crippen molar-refractivity contribution in [3.8, 4) is 11.1 Å². The third-order valence-corrected chi connectivity index (χ3v) is 14.6. The minimum Gasteiger partial charge on any atom is -0.464 e. The molecular weight excluding hydrogens is 760 g/mol. The Labute approximate surface area is 367 Å². The summed E-state index contributed by atoms with van der Waals surface area (Å²) in [7, 11) is 0. The molecule has 0 spiro atoms. The predicted octanol–water partition coefficient (Wildman–Crippen LogP) is 14.5. The lowest BCUT2D eigenvalue weighted by Gasteiger charge is -2.44. The third-order valence-electron chi connectivity index (χ3n) is 13.4. The Kier molecular flexibility index (Phi) is 8.76. The second-order valence-corrected chi connectivity index (χ2v) is 22.0. The molecule has 4 heterocycles. The molecule has 0 radical (unpaired) electrons. The number of thiophene rings is 1. The number of furan rings is 1. The van der Waals surface area contributed by atoms with E-state index in [1.54, 1.807) is 0 Å². The Hall–Kier alpha value is -5.52. The van der Waals surface area contributed by atoms with Crippen LogP contribution in [0.3, 0.4) is 0 Å². The minimum atomic E-state index is 0.00814. The maximum absolute atomic E-state index is 6.17. The van der Waals surface area contributed by atoms with Crippen molar-refractivity contribution in [1.29, 1.82) is 0 Å². The van der Waals surface area contributed by atoms with Crippen LogP contribution in [-0.4, -0.2) is 6.71 Å². The van der Waals surface area contributed by atoms with Gasteiger partial charge in [-0.05, 0) is 141 Å². The molecule has 0 amide bonds. The highest BCUT2D eigenvalue weighted by Gasteiger charge is 2.46. The standard InChI is InChI=1S/C56H57BN2OS/c1-32-25-38(55(8,9)10)26-33(2)51(32)58-44-18-16-19-45-50(44)57(43-23-21-36(29-46(43)58)42-31-60-47-20-15-14-17-40(42)47)49-41-30-37(54(5,6)7)22-24-48(41)61-53(49)59(45)52-34(3)27-39(28-35(52)4)56(11,12)13/h14-31H,1-13H3. The highest BCUT2D eigenvalue weighted by atomic mass is 32.1. The van der Waals surface area contributed by atoms with Gasteiger partial charge in [0.25, 0.3) is 6.71 Å². The fourth-order valence-corrected chi connectivity index (χ4v) is 11.5. The average Bonchev–Trinajstić information content (AvgIpc) is 3.79. The first-order valence-electron chi connectivity index (χ1n) is 22.0. The largest absolute Gasteiger partial charge is 0.464 e. The van der Waals surface area contributed by atoms with E-state index < -0.39 is 0 Å². The molecule has 8 aromatic rings. The van der Waals surface area contributed by atoms with Gasteiger partial charge in [0, 0.05) is 32.7 Å². The van der Waals surface area contributed by atoms with Gasteiger partial charge in [-0.2, -0.15) is 0 Å².